The van der Waals surface area contributed by atoms with Crippen molar-refractivity contribution in [1.82, 2.24) is 5.16 Å². The molecular weight excluding hydrogens is 250 g/mol. The summed E-state index contributed by atoms with van der Waals surface area (Å²) in [4.78, 5) is 0. The van der Waals surface area contributed by atoms with Gasteiger partial charge in [0.05, 0.1) is 23.9 Å². The number of nitriles is 1. The summed E-state index contributed by atoms with van der Waals surface area (Å²) < 4.78 is 5.18. The highest BCUT2D eigenvalue weighted by Gasteiger charge is 2.06. The van der Waals surface area contributed by atoms with Gasteiger partial charge in [-0.1, -0.05) is 29.4 Å². The molecule has 0 radical (unpaired) electrons. The Hall–Kier alpha value is -2.80. The molecule has 0 aliphatic rings. The van der Waals surface area contributed by atoms with Gasteiger partial charge >= 0.3 is 0 Å². The van der Waals surface area contributed by atoms with Crippen molar-refractivity contribution in [3.8, 4) is 6.07 Å². The Morgan fingerprint density at radius 2 is 2.00 bits per heavy atom. The maximum atomic E-state index is 9.14. The SMILES string of the molecule is Cc1cc(CNc2ccc(C#N)c3ccccc23)on1. The lowest BCUT2D eigenvalue weighted by Crippen LogP contribution is -1.99. The van der Waals surface area contributed by atoms with E-state index in [1.807, 2.05) is 49.4 Å². The van der Waals surface area contributed by atoms with Crippen LogP contribution in [-0.2, 0) is 6.54 Å². The molecule has 0 saturated carbocycles. The van der Waals surface area contributed by atoms with Crippen LogP contribution < -0.4 is 5.32 Å². The number of benzene rings is 2. The van der Waals surface area contributed by atoms with E-state index in [0.29, 0.717) is 12.1 Å². The van der Waals surface area contributed by atoms with Gasteiger partial charge in [0.2, 0.25) is 0 Å². The molecule has 1 N–H and O–H groups in total. The first-order valence-corrected chi connectivity index (χ1v) is 6.36. The Morgan fingerprint density at radius 1 is 1.20 bits per heavy atom. The number of hydrogen-bond acceptors (Lipinski definition) is 4. The molecule has 0 atom stereocenters. The van der Waals surface area contributed by atoms with Crippen molar-refractivity contribution < 1.29 is 4.52 Å². The monoisotopic (exact) mass is 263 g/mol. The molecule has 20 heavy (non-hydrogen) atoms. The van der Waals surface area contributed by atoms with Crippen molar-refractivity contribution in [2.24, 2.45) is 0 Å². The van der Waals surface area contributed by atoms with Crippen LogP contribution in [0.1, 0.15) is 17.0 Å². The summed E-state index contributed by atoms with van der Waals surface area (Å²) >= 11 is 0. The predicted molar refractivity (Wildman–Crippen MR) is 77.2 cm³/mol. The lowest BCUT2D eigenvalue weighted by atomic mass is 10.0. The van der Waals surface area contributed by atoms with Gasteiger partial charge in [-0.3, -0.25) is 0 Å². The zero-order chi connectivity index (χ0) is 13.9. The molecule has 1 heterocycles. The van der Waals surface area contributed by atoms with Gasteiger partial charge in [0.1, 0.15) is 0 Å². The highest BCUT2D eigenvalue weighted by molar-refractivity contribution is 5.97. The van der Waals surface area contributed by atoms with E-state index in [1.165, 1.54) is 0 Å². The first kappa shape index (κ1) is 12.2. The van der Waals surface area contributed by atoms with Gasteiger partial charge in [0.15, 0.2) is 5.76 Å². The predicted octanol–water partition coefficient (Wildman–Crippen LogP) is 3.62. The number of anilines is 1. The third kappa shape index (κ3) is 2.21. The molecule has 1 aromatic heterocycles. The van der Waals surface area contributed by atoms with E-state index in [0.717, 1.165) is 27.9 Å². The fourth-order valence-electron chi connectivity index (χ4n) is 2.23. The average molecular weight is 263 g/mol. The molecule has 3 rings (SSSR count). The van der Waals surface area contributed by atoms with Crippen molar-refractivity contribution in [3.05, 3.63) is 59.5 Å². The van der Waals surface area contributed by atoms with E-state index >= 15 is 0 Å². The van der Waals surface area contributed by atoms with Crippen LogP contribution in [0.5, 0.6) is 0 Å². The Kier molecular flexibility index (Phi) is 3.10. The van der Waals surface area contributed by atoms with Gasteiger partial charge in [0, 0.05) is 22.5 Å². The maximum Gasteiger partial charge on any atom is 0.156 e. The van der Waals surface area contributed by atoms with E-state index in [-0.39, 0.29) is 0 Å². The summed E-state index contributed by atoms with van der Waals surface area (Å²) in [6, 6.07) is 15.7. The zero-order valence-electron chi connectivity index (χ0n) is 11.1. The maximum absolute atomic E-state index is 9.14. The minimum atomic E-state index is 0.566. The number of nitrogens with one attached hydrogen (secondary N) is 1. The van der Waals surface area contributed by atoms with Crippen LogP contribution >= 0.6 is 0 Å². The van der Waals surface area contributed by atoms with E-state index in [1.54, 1.807) is 0 Å². The lowest BCUT2D eigenvalue weighted by molar-refractivity contribution is 0.384. The standard InChI is InChI=1S/C16H13N3O/c1-11-8-13(20-19-11)10-18-16-7-6-12(9-17)14-4-2-3-5-15(14)16/h2-8,18H,10H2,1H3. The van der Waals surface area contributed by atoms with Gasteiger partial charge in [-0.05, 0) is 19.1 Å². The topological polar surface area (TPSA) is 61.9 Å². The number of aryl methyl sites for hydroxylation is 1. The first-order valence-electron chi connectivity index (χ1n) is 6.36. The molecule has 0 spiro atoms. The minimum absolute atomic E-state index is 0.566. The molecule has 0 aliphatic heterocycles. The van der Waals surface area contributed by atoms with Crippen LogP contribution in [0.3, 0.4) is 0 Å². The quantitative estimate of drug-likeness (QED) is 0.784. The fraction of sp³-hybridized carbons (Fsp3) is 0.125. The third-order valence-electron chi connectivity index (χ3n) is 3.17. The van der Waals surface area contributed by atoms with E-state index in [9.17, 15) is 0 Å². The van der Waals surface area contributed by atoms with Crippen LogP contribution in [0, 0.1) is 18.3 Å². The second-order valence-corrected chi connectivity index (χ2v) is 4.61. The summed E-state index contributed by atoms with van der Waals surface area (Å²) in [6.45, 7) is 2.46. The van der Waals surface area contributed by atoms with E-state index in [2.05, 4.69) is 16.5 Å². The summed E-state index contributed by atoms with van der Waals surface area (Å²) in [5, 5.41) is 18.3. The largest absolute Gasteiger partial charge is 0.377 e. The molecule has 0 unspecified atom stereocenters. The van der Waals surface area contributed by atoms with Crippen molar-refractivity contribution >= 4 is 16.5 Å². The number of hydrogen-bond donors (Lipinski definition) is 1. The second-order valence-electron chi connectivity index (χ2n) is 4.61. The highest BCUT2D eigenvalue weighted by Crippen LogP contribution is 2.26. The first-order chi connectivity index (χ1) is 9.78. The second kappa shape index (κ2) is 5.06. The van der Waals surface area contributed by atoms with Gasteiger partial charge in [0.25, 0.3) is 0 Å². The van der Waals surface area contributed by atoms with Crippen LogP contribution in [0.2, 0.25) is 0 Å². The van der Waals surface area contributed by atoms with Gasteiger partial charge in [-0.25, -0.2) is 0 Å². The number of rotatable bonds is 3. The zero-order valence-corrected chi connectivity index (χ0v) is 11.1. The van der Waals surface area contributed by atoms with Crippen LogP contribution in [0.25, 0.3) is 10.8 Å². The molecule has 0 amide bonds. The van der Waals surface area contributed by atoms with Crippen molar-refractivity contribution in [2.75, 3.05) is 5.32 Å². The van der Waals surface area contributed by atoms with Crippen molar-refractivity contribution in [2.45, 2.75) is 13.5 Å². The summed E-state index contributed by atoms with van der Waals surface area (Å²) in [6.07, 6.45) is 0. The summed E-state index contributed by atoms with van der Waals surface area (Å²) in [7, 11) is 0. The van der Waals surface area contributed by atoms with Crippen LogP contribution in [-0.4, -0.2) is 5.16 Å². The van der Waals surface area contributed by atoms with Gasteiger partial charge in [-0.2, -0.15) is 5.26 Å². The number of nitrogens with zero attached hydrogens (tertiary/aromatic N) is 2. The van der Waals surface area contributed by atoms with E-state index < -0.39 is 0 Å². The lowest BCUT2D eigenvalue weighted by Gasteiger charge is -2.09. The molecule has 0 bridgehead atoms. The number of fused-ring (bicyclic) bond motifs is 1. The Balaban J connectivity index is 1.94. The van der Waals surface area contributed by atoms with Gasteiger partial charge < -0.3 is 9.84 Å². The molecule has 0 fully saturated rings. The van der Waals surface area contributed by atoms with Crippen LogP contribution in [0.4, 0.5) is 5.69 Å². The Labute approximate surface area is 116 Å². The minimum Gasteiger partial charge on any atom is -0.377 e. The number of aromatic nitrogens is 1. The third-order valence-corrected chi connectivity index (χ3v) is 3.17. The van der Waals surface area contributed by atoms with Crippen molar-refractivity contribution in [1.29, 1.82) is 5.26 Å². The highest BCUT2D eigenvalue weighted by atomic mass is 16.5. The average Bonchev–Trinajstić information content (AvgIpc) is 2.90. The van der Waals surface area contributed by atoms with Gasteiger partial charge in [-0.15, -0.1) is 0 Å². The summed E-state index contributed by atoms with van der Waals surface area (Å²) in [5.41, 5.74) is 2.53. The normalized spacial score (nSPS) is 10.4. The molecule has 4 nitrogen and oxygen atoms in total. The molecule has 98 valence electrons. The molecule has 0 saturated heterocycles. The molecule has 3 aromatic rings. The van der Waals surface area contributed by atoms with Crippen LogP contribution in [0.15, 0.2) is 47.0 Å². The Bertz CT molecular complexity index is 799. The molecular formula is C16H13N3O. The summed E-state index contributed by atoms with van der Waals surface area (Å²) in [5.74, 6) is 0.788. The Morgan fingerprint density at radius 3 is 2.70 bits per heavy atom. The molecule has 4 heteroatoms. The van der Waals surface area contributed by atoms with Crippen molar-refractivity contribution in [3.63, 3.8) is 0 Å². The van der Waals surface area contributed by atoms with E-state index in [4.69, 9.17) is 9.78 Å². The molecule has 0 aliphatic carbocycles. The smallest absolute Gasteiger partial charge is 0.156 e. The fourth-order valence-corrected chi connectivity index (χ4v) is 2.23. The molecule has 2 aromatic carbocycles.